The van der Waals surface area contributed by atoms with Gasteiger partial charge in [-0.15, -0.1) is 0 Å². The van der Waals surface area contributed by atoms with Gasteiger partial charge in [-0.25, -0.2) is 0 Å². The zero-order valence-corrected chi connectivity index (χ0v) is 49.2. The molecule has 14 N–H and O–H groups in total. The molecule has 11 fully saturated rings. The standard InChI is InChI=1S/C58H94O26/c1-23(2)15-25-16-56(8,72)47-26-9-10-32-54(6)13-12-33(53(4,5)31(54)11-14-55(32,7)57(26)21-58(47,84-25)76-22-57)80-51-46(83-50-43(71)38(66)34(62)24(3)77-50)44(28(61)19-74-51)81-52-45(82-49-41(69)35(63)27(60)18-73-49)40(68)37(65)30(79-52)20-75-48-42(70)39(67)36(64)29(17-59)78-48/h15,24-52,59-72H,9-14,16-22H2,1-8H3/t24-,25?,26?,27+,28-,29+,30+,31?,32?,33?,34-,35-,36+,37+,38+,39-,40-,41+,42+,43+,44-,45+,46+,47?,48+,49-,50-,51-,52-,54-,55?,56-,57-,58-/m0/s1. The van der Waals surface area contributed by atoms with Crippen LogP contribution in [0.2, 0.25) is 0 Å². The minimum atomic E-state index is -2.04. The second-order valence-corrected chi connectivity index (χ2v) is 28.2. The summed E-state index contributed by atoms with van der Waals surface area (Å²) in [5.41, 5.74) is -0.980. The molecule has 0 aromatic carbocycles. The molecular weight excluding hydrogens is 1110 g/mol. The lowest BCUT2D eigenvalue weighted by Gasteiger charge is -2.70. The van der Waals surface area contributed by atoms with Gasteiger partial charge in [-0.05, 0) is 100 Å². The number of hydrogen-bond acceptors (Lipinski definition) is 26. The van der Waals surface area contributed by atoms with Crippen LogP contribution in [0, 0.1) is 45.3 Å². The van der Waals surface area contributed by atoms with Crippen LogP contribution in [0.5, 0.6) is 0 Å². The Labute approximate surface area is 488 Å². The van der Waals surface area contributed by atoms with E-state index >= 15 is 0 Å². The molecule has 4 aliphatic carbocycles. The molecule has 7 unspecified atom stereocenters. The molecule has 0 aromatic rings. The zero-order valence-electron chi connectivity index (χ0n) is 49.2. The fourth-order valence-corrected chi connectivity index (χ4v) is 18.3. The first-order valence-corrected chi connectivity index (χ1v) is 30.3. The van der Waals surface area contributed by atoms with Crippen LogP contribution in [-0.2, 0) is 56.8 Å². The average Bonchev–Trinajstić information content (AvgIpc) is 1.44. The molecule has 482 valence electrons. The van der Waals surface area contributed by atoms with Crippen molar-refractivity contribution < 1.29 is 128 Å². The molecule has 0 radical (unpaired) electrons. The Morgan fingerprint density at radius 3 is 1.93 bits per heavy atom. The molecule has 7 saturated heterocycles. The van der Waals surface area contributed by atoms with Crippen molar-refractivity contribution in [2.45, 2.75) is 272 Å². The molecule has 7 heterocycles. The minimum Gasteiger partial charge on any atom is -0.394 e. The summed E-state index contributed by atoms with van der Waals surface area (Å²) in [5, 5.41) is 154. The molecule has 34 atom stereocenters. The summed E-state index contributed by atoms with van der Waals surface area (Å²) in [6, 6.07) is 0. The first-order valence-electron chi connectivity index (χ1n) is 30.3. The van der Waals surface area contributed by atoms with Crippen LogP contribution in [0.15, 0.2) is 11.6 Å². The van der Waals surface area contributed by atoms with Crippen molar-refractivity contribution in [1.29, 1.82) is 0 Å². The SMILES string of the molecule is CC(C)=CC1C[C@](C)(O)C2C3CCC4C(C)(CCC5C(C)(C)C(O[C@@H]6OC[C@H](O)[C@H](O[C@@H]7O[C@H](CO[C@@H]8O[C@H](CO)[C@@H](O)[C@H](O)[C@H]8O)[C@@H](O)[C@H](O)[C@H]7O[C@@H]7OC[C@@H](O)[C@H](O)[C@H]7O)[C@H]6O[C@@H]6O[C@@H](C)[C@H](O)[C@@H](O)[C@H]6O)CC[C@@]54C)[C@@]34CO[C@@]2(C4)O1. The summed E-state index contributed by atoms with van der Waals surface area (Å²) in [4.78, 5) is 0. The summed E-state index contributed by atoms with van der Waals surface area (Å²) in [6.07, 6.45) is -31.8. The maximum Gasteiger partial charge on any atom is 0.187 e. The first-order chi connectivity index (χ1) is 39.4. The van der Waals surface area contributed by atoms with Crippen molar-refractivity contribution in [2.75, 3.05) is 33.0 Å². The van der Waals surface area contributed by atoms with Crippen LogP contribution < -0.4 is 0 Å². The summed E-state index contributed by atoms with van der Waals surface area (Å²) in [5.74, 6) is -0.440. The fraction of sp³-hybridized carbons (Fsp3) is 0.966. The smallest absolute Gasteiger partial charge is 0.187 e. The van der Waals surface area contributed by atoms with Gasteiger partial charge in [0.25, 0.3) is 0 Å². The minimum absolute atomic E-state index is 0.110. The normalized spacial score (nSPS) is 57.1. The van der Waals surface area contributed by atoms with Crippen molar-refractivity contribution in [2.24, 2.45) is 45.3 Å². The molecule has 7 aliphatic heterocycles. The van der Waals surface area contributed by atoms with Gasteiger partial charge >= 0.3 is 0 Å². The fourth-order valence-electron chi connectivity index (χ4n) is 18.3. The molecule has 2 spiro atoms. The van der Waals surface area contributed by atoms with Gasteiger partial charge in [0.15, 0.2) is 37.2 Å². The number of hydrogen-bond donors (Lipinski definition) is 14. The highest BCUT2D eigenvalue weighted by Crippen LogP contribution is 2.80. The number of aliphatic hydroxyl groups is 14. The van der Waals surface area contributed by atoms with Gasteiger partial charge in [-0.2, -0.15) is 0 Å². The Morgan fingerprint density at radius 1 is 0.583 bits per heavy atom. The van der Waals surface area contributed by atoms with Crippen molar-refractivity contribution in [3.8, 4) is 0 Å². The van der Waals surface area contributed by atoms with E-state index in [4.69, 9.17) is 56.8 Å². The van der Waals surface area contributed by atoms with Crippen LogP contribution in [0.25, 0.3) is 0 Å². The highest BCUT2D eigenvalue weighted by molar-refractivity contribution is 5.27. The topological polar surface area (TPSA) is 394 Å². The summed E-state index contributed by atoms with van der Waals surface area (Å²) in [6.45, 7) is 14.8. The van der Waals surface area contributed by atoms with Crippen molar-refractivity contribution in [3.63, 3.8) is 0 Å². The summed E-state index contributed by atoms with van der Waals surface area (Å²) in [7, 11) is 0. The predicted molar refractivity (Wildman–Crippen MR) is 283 cm³/mol. The molecule has 11 aliphatic rings. The quantitative estimate of drug-likeness (QED) is 0.0658. The van der Waals surface area contributed by atoms with Gasteiger partial charge in [0.05, 0.1) is 56.9 Å². The maximum absolute atomic E-state index is 12.3. The second kappa shape index (κ2) is 23.4. The van der Waals surface area contributed by atoms with Crippen LogP contribution in [0.3, 0.4) is 0 Å². The molecule has 84 heavy (non-hydrogen) atoms. The third-order valence-corrected chi connectivity index (χ3v) is 22.5. The predicted octanol–water partition coefficient (Wildman–Crippen LogP) is -2.72. The van der Waals surface area contributed by atoms with Crippen molar-refractivity contribution >= 4 is 0 Å². The van der Waals surface area contributed by atoms with E-state index in [-0.39, 0.29) is 46.0 Å². The third kappa shape index (κ3) is 10.5. The summed E-state index contributed by atoms with van der Waals surface area (Å²) >= 11 is 0. The number of fused-ring (bicyclic) bond motifs is 4. The largest absolute Gasteiger partial charge is 0.394 e. The first kappa shape index (κ1) is 64.2. The van der Waals surface area contributed by atoms with Crippen LogP contribution in [-0.4, -0.2) is 269 Å². The maximum atomic E-state index is 12.3. The Kier molecular flexibility index (Phi) is 17.9. The van der Waals surface area contributed by atoms with Crippen LogP contribution in [0.4, 0.5) is 0 Å². The molecule has 0 aromatic heterocycles. The van der Waals surface area contributed by atoms with E-state index in [0.717, 1.165) is 44.1 Å². The second-order valence-electron chi connectivity index (χ2n) is 28.2. The Bertz CT molecular complexity index is 2330. The van der Waals surface area contributed by atoms with E-state index in [2.05, 4.69) is 33.8 Å². The highest BCUT2D eigenvalue weighted by atomic mass is 16.8. The average molecular weight is 1210 g/mol. The van der Waals surface area contributed by atoms with Gasteiger partial charge in [-0.3, -0.25) is 0 Å². The van der Waals surface area contributed by atoms with Crippen molar-refractivity contribution in [3.05, 3.63) is 11.6 Å². The Hall–Kier alpha value is -1.30. The molecule has 2 bridgehead atoms. The van der Waals surface area contributed by atoms with E-state index in [0.29, 0.717) is 19.4 Å². The third-order valence-electron chi connectivity index (χ3n) is 22.5. The lowest BCUT2D eigenvalue weighted by molar-refractivity contribution is -0.401. The number of ether oxygens (including phenoxy) is 12. The number of allylic oxidation sites excluding steroid dienone is 1. The highest BCUT2D eigenvalue weighted by Gasteiger charge is 2.81. The molecule has 4 saturated carbocycles. The lowest BCUT2D eigenvalue weighted by Crippen LogP contribution is -2.68. The molecule has 26 nitrogen and oxygen atoms in total. The molecule has 11 rings (SSSR count). The van der Waals surface area contributed by atoms with Crippen LogP contribution >= 0.6 is 0 Å². The Balaban J connectivity index is 0.870. The zero-order chi connectivity index (χ0) is 60.7. The molecule has 26 heteroatoms. The molecule has 0 amide bonds. The van der Waals surface area contributed by atoms with Gasteiger partial charge in [0.2, 0.25) is 0 Å². The van der Waals surface area contributed by atoms with Crippen molar-refractivity contribution in [1.82, 2.24) is 0 Å². The van der Waals surface area contributed by atoms with E-state index in [9.17, 15) is 71.5 Å². The van der Waals surface area contributed by atoms with Crippen LogP contribution in [0.1, 0.15) is 107 Å². The van der Waals surface area contributed by atoms with Gasteiger partial charge in [0, 0.05) is 24.2 Å². The monoisotopic (exact) mass is 1210 g/mol. The van der Waals surface area contributed by atoms with E-state index in [1.54, 1.807) is 0 Å². The van der Waals surface area contributed by atoms with E-state index < -0.39 is 191 Å². The molecular formula is C58H94O26. The van der Waals surface area contributed by atoms with Gasteiger partial charge in [-0.1, -0.05) is 39.3 Å². The lowest BCUT2D eigenvalue weighted by atomic mass is 9.35. The number of rotatable bonds is 13. The number of aliphatic hydroxyl groups excluding tert-OH is 13. The summed E-state index contributed by atoms with van der Waals surface area (Å²) < 4.78 is 75.5. The van der Waals surface area contributed by atoms with E-state index in [1.807, 2.05) is 20.8 Å². The van der Waals surface area contributed by atoms with Gasteiger partial charge < -0.3 is 128 Å². The van der Waals surface area contributed by atoms with Gasteiger partial charge in [0.1, 0.15) is 104 Å². The Morgan fingerprint density at radius 2 is 1.21 bits per heavy atom. The van der Waals surface area contributed by atoms with E-state index in [1.165, 1.54) is 6.92 Å².